The SMILES string of the molecule is C[C@](O)(c1ccc(C(=O)N(C2CC2)C2CCC(C#N)(c3ccccn3)CC2)cc1)C(F)(F)F.C[C@](O)(c1ccc(C(=O)N(C2CC2)C2CCC(C#N)(c3cccs3)CC2)cc1)C(F)(F)F.C[C@](O)(c1ccc(C(=O)N(C2CC2)C2CCC(C(N)=O)(c3ccccn3)CC2)cc1)C(F)(F)F.C[C@](O)(c1ccc(C(=O)N(C2CC2)C2CCC(F)(c3ccc(C#N)cc3)CC2)cc1)C(F)(F)F. The van der Waals surface area contributed by atoms with Crippen molar-refractivity contribution in [3.05, 3.63) is 260 Å². The number of aliphatic hydroxyl groups is 4. The second kappa shape index (κ2) is 38.7. The van der Waals surface area contributed by atoms with Crippen molar-refractivity contribution < 1.29 is 101 Å². The van der Waals surface area contributed by atoms with Crippen LogP contribution in [0, 0.1) is 34.0 Å². The van der Waals surface area contributed by atoms with E-state index in [2.05, 4.69) is 22.1 Å². The molecule has 8 aromatic rings. The van der Waals surface area contributed by atoms with Gasteiger partial charge in [-0.25, -0.2) is 4.39 Å². The number of halogens is 13. The third-order valence-electron chi connectivity index (χ3n) is 28.2. The summed E-state index contributed by atoms with van der Waals surface area (Å²) in [7, 11) is 0. The Morgan fingerprint density at radius 3 is 0.895 bits per heavy atom. The van der Waals surface area contributed by atoms with Crippen LogP contribution >= 0.6 is 11.3 Å². The minimum absolute atomic E-state index is 0.00870. The number of benzene rings is 5. The standard InChI is InChI=1S/C26H26F4N2O2.C25H28F3N3O3.C25H26F3N3O2.C24H25F3N2O2S/c1-24(34,26(28,29)30)19-8-4-18(5-9-19)23(33)32(21-10-11-21)22-12-14-25(27,15-13-22)20-6-2-17(16-31)3-7-20;1-23(34,25(26,27)28)17-7-5-16(6-8-17)21(32)31(18-9-10-18)19-11-13-24(14-12-19,22(29)33)20-4-2-3-15-30-20;1-23(33,25(26,27)28)18-7-5-17(6-8-18)22(32)31(19-9-10-19)20-11-13-24(16-29,14-12-20)21-4-2-3-15-30-21;1-22(31,24(25,26)27)17-6-4-16(5-7-17)21(30)29(18-8-9-18)19-10-12-23(15-28,13-11-19)20-3-2-14-32-20/h2-9,21-22,34H,10-15H2,1H3;2-8,15,18-19,34H,9-14H2,1H3,(H2,29,33);2-8,15,19-20,33H,9-14H2,1H3;2-7,14,18-19,31H,8-13H2,1H3/t22?,24-,25?;19?,23-,24?;20?,23-,24?;19?,22-,23?/m0000/s1. The highest BCUT2D eigenvalue weighted by Crippen LogP contribution is 2.51. The molecule has 0 saturated heterocycles. The Morgan fingerprint density at radius 1 is 0.368 bits per heavy atom. The van der Waals surface area contributed by atoms with E-state index in [9.17, 15) is 108 Å². The number of nitrogens with two attached hydrogens (primary N) is 1. The maximum atomic E-state index is 15.7. The van der Waals surface area contributed by atoms with Gasteiger partial charge in [-0.3, -0.25) is 33.9 Å². The Morgan fingerprint density at radius 2 is 0.647 bits per heavy atom. The summed E-state index contributed by atoms with van der Waals surface area (Å²) < 4.78 is 173. The van der Waals surface area contributed by atoms with Crippen LogP contribution in [-0.2, 0) is 49.1 Å². The quantitative estimate of drug-likeness (QED) is 0.0418. The summed E-state index contributed by atoms with van der Waals surface area (Å²) in [5.41, 5.74) is -7.50. The molecule has 0 unspecified atom stereocenters. The normalized spacial score (nSPS) is 25.0. The van der Waals surface area contributed by atoms with Gasteiger partial charge in [-0.1, -0.05) is 78.9 Å². The summed E-state index contributed by atoms with van der Waals surface area (Å²) in [5.74, 6) is -1.38. The molecule has 0 bridgehead atoms. The van der Waals surface area contributed by atoms with Gasteiger partial charge in [-0.2, -0.15) is 68.5 Å². The van der Waals surface area contributed by atoms with Crippen LogP contribution < -0.4 is 5.73 Å². The molecule has 706 valence electrons. The largest absolute Gasteiger partial charge is 0.421 e. The van der Waals surface area contributed by atoms with Gasteiger partial charge in [-0.15, -0.1) is 11.3 Å². The predicted octanol–water partition coefficient (Wildman–Crippen LogP) is 19.9. The molecular weight excluding hydrogens is 1760 g/mol. The van der Waals surface area contributed by atoms with Crippen LogP contribution in [0.1, 0.15) is 273 Å². The number of carbonyl (C=O) groups is 5. The smallest absolute Gasteiger partial charge is 0.376 e. The first-order valence-corrected chi connectivity index (χ1v) is 45.6. The number of thiophene rings is 1. The summed E-state index contributed by atoms with van der Waals surface area (Å²) >= 11 is 1.59. The Hall–Kier alpha value is -11.2. The van der Waals surface area contributed by atoms with Crippen LogP contribution in [-0.4, -0.2) is 153 Å². The molecule has 0 spiro atoms. The maximum absolute atomic E-state index is 15.7. The van der Waals surface area contributed by atoms with Gasteiger partial charge in [0.15, 0.2) is 22.4 Å². The molecule has 8 saturated carbocycles. The number of primary amides is 1. The van der Waals surface area contributed by atoms with Crippen LogP contribution in [0.15, 0.2) is 188 Å². The molecule has 19 nitrogen and oxygen atoms in total. The number of rotatable bonds is 21. The third-order valence-corrected chi connectivity index (χ3v) is 29.2. The number of alkyl halides is 13. The molecule has 133 heavy (non-hydrogen) atoms. The van der Waals surface area contributed by atoms with Crippen LogP contribution in [0.2, 0.25) is 0 Å². The number of amides is 5. The Balaban J connectivity index is 0.000000151. The lowest BCUT2D eigenvalue weighted by atomic mass is 9.69. The highest BCUT2D eigenvalue weighted by Gasteiger charge is 2.57. The molecule has 0 radical (unpaired) electrons. The zero-order valence-corrected chi connectivity index (χ0v) is 74.6. The van der Waals surface area contributed by atoms with Gasteiger partial charge in [0, 0.05) is 87.9 Å². The van der Waals surface area contributed by atoms with E-state index in [0.717, 1.165) is 98.3 Å². The Kier molecular flexibility index (Phi) is 28.9. The number of hydrogen-bond acceptors (Lipinski definition) is 15. The molecule has 3 heterocycles. The van der Waals surface area contributed by atoms with Gasteiger partial charge in [0.25, 0.3) is 23.6 Å². The number of aromatic nitrogens is 2. The zero-order chi connectivity index (χ0) is 96.5. The van der Waals surface area contributed by atoms with Crippen molar-refractivity contribution in [2.75, 3.05) is 0 Å². The van der Waals surface area contributed by atoms with E-state index in [1.165, 1.54) is 60.7 Å². The topological polar surface area (TPSA) is 302 Å². The number of nitrogens with zero attached hydrogens (tertiary/aromatic N) is 9. The molecule has 0 aliphatic heterocycles. The average Bonchev–Trinajstić information content (AvgIpc) is 1.60. The second-order valence-corrected chi connectivity index (χ2v) is 38.1. The van der Waals surface area contributed by atoms with Crippen molar-refractivity contribution in [1.29, 1.82) is 15.8 Å². The second-order valence-electron chi connectivity index (χ2n) is 37.2. The molecule has 3 aromatic heterocycles. The van der Waals surface area contributed by atoms with Gasteiger partial charge in [0.05, 0.1) is 51.4 Å². The number of pyridine rings is 2. The van der Waals surface area contributed by atoms with Crippen molar-refractivity contribution in [2.45, 2.75) is 299 Å². The molecule has 8 aliphatic rings. The van der Waals surface area contributed by atoms with Gasteiger partial charge in [0.1, 0.15) is 5.67 Å². The molecule has 5 aromatic carbocycles. The van der Waals surface area contributed by atoms with Crippen molar-refractivity contribution in [1.82, 2.24) is 29.6 Å². The van der Waals surface area contributed by atoms with Gasteiger partial charge >= 0.3 is 24.7 Å². The lowest BCUT2D eigenvalue weighted by Gasteiger charge is -2.42. The average molecular weight is 1870 g/mol. The molecule has 8 fully saturated rings. The molecule has 5 amide bonds. The number of nitriles is 3. The van der Waals surface area contributed by atoms with Crippen LogP contribution in [0.5, 0.6) is 0 Å². The van der Waals surface area contributed by atoms with E-state index in [4.69, 9.17) is 11.0 Å². The van der Waals surface area contributed by atoms with Crippen LogP contribution in [0.4, 0.5) is 57.1 Å². The molecule has 4 atom stereocenters. The minimum atomic E-state index is -4.84. The molecule has 8 aliphatic carbocycles. The van der Waals surface area contributed by atoms with E-state index in [0.29, 0.717) is 146 Å². The lowest BCUT2D eigenvalue weighted by molar-refractivity contribution is -0.259. The number of carbonyl (C=O) groups excluding carboxylic acids is 5. The van der Waals surface area contributed by atoms with Crippen molar-refractivity contribution >= 4 is 40.9 Å². The van der Waals surface area contributed by atoms with Crippen molar-refractivity contribution in [3.63, 3.8) is 0 Å². The summed E-state index contributed by atoms with van der Waals surface area (Å²) in [4.78, 5) is 82.9. The van der Waals surface area contributed by atoms with E-state index in [1.807, 2.05) is 62.5 Å². The zero-order valence-electron chi connectivity index (χ0n) is 73.7. The van der Waals surface area contributed by atoms with Crippen molar-refractivity contribution in [2.24, 2.45) is 5.73 Å². The van der Waals surface area contributed by atoms with Gasteiger partial charge in [0.2, 0.25) is 5.91 Å². The molecule has 16 rings (SSSR count). The first-order chi connectivity index (χ1) is 62.6. The summed E-state index contributed by atoms with van der Waals surface area (Å²) in [6.07, 6.45) is -0.139. The first kappa shape index (κ1) is 99.3. The Labute approximate surface area is 766 Å². The highest BCUT2D eigenvalue weighted by atomic mass is 32.1. The van der Waals surface area contributed by atoms with Crippen LogP contribution in [0.25, 0.3) is 0 Å². The predicted molar refractivity (Wildman–Crippen MR) is 466 cm³/mol. The molecule has 33 heteroatoms. The minimum Gasteiger partial charge on any atom is -0.376 e. The summed E-state index contributed by atoms with van der Waals surface area (Å²) in [5, 5.41) is 70.2. The highest BCUT2D eigenvalue weighted by molar-refractivity contribution is 7.10. The molecular formula is C100H105F13N10O9S. The van der Waals surface area contributed by atoms with E-state index in [1.54, 1.807) is 65.0 Å². The third kappa shape index (κ3) is 21.2. The Bertz CT molecular complexity index is 5520. The van der Waals surface area contributed by atoms with Crippen molar-refractivity contribution in [3.8, 4) is 18.2 Å². The van der Waals surface area contributed by atoms with E-state index >= 15 is 4.39 Å². The summed E-state index contributed by atoms with van der Waals surface area (Å²) in [6, 6.07) is 48.4. The fourth-order valence-corrected chi connectivity index (χ4v) is 19.8. The fraction of sp³-hybridized carbons (Fsp3) is 0.480. The fourth-order valence-electron chi connectivity index (χ4n) is 18.8. The summed E-state index contributed by atoms with van der Waals surface area (Å²) in [6.45, 7) is 2.77. The van der Waals surface area contributed by atoms with Crippen LogP contribution in [0.3, 0.4) is 0 Å². The number of hydrogen-bond donors (Lipinski definition) is 5. The lowest BCUT2D eigenvalue weighted by Crippen LogP contribution is -2.50. The monoisotopic (exact) mass is 1870 g/mol. The van der Waals surface area contributed by atoms with Gasteiger partial charge < -0.3 is 45.8 Å². The maximum Gasteiger partial charge on any atom is 0.421 e. The van der Waals surface area contributed by atoms with Gasteiger partial charge in [-0.05, 0) is 306 Å². The molecule has 6 N–H and O–H groups in total. The van der Waals surface area contributed by atoms with E-state index in [-0.39, 0.29) is 118 Å². The van der Waals surface area contributed by atoms with E-state index < -0.39 is 74.9 Å². The first-order valence-electron chi connectivity index (χ1n) is 44.7.